The van der Waals surface area contributed by atoms with Gasteiger partial charge in [0, 0.05) is 43.5 Å². The molecule has 0 fully saturated rings. The van der Waals surface area contributed by atoms with E-state index >= 15 is 0 Å². The van der Waals surface area contributed by atoms with Gasteiger partial charge in [0.2, 0.25) is 0 Å². The number of ether oxygens (including phenoxy) is 1. The smallest absolute Gasteiger partial charge is 0.251 e. The molecule has 7 nitrogen and oxygen atoms in total. The van der Waals surface area contributed by atoms with Gasteiger partial charge in [-0.1, -0.05) is 6.07 Å². The lowest BCUT2D eigenvalue weighted by Crippen LogP contribution is -2.41. The van der Waals surface area contributed by atoms with Gasteiger partial charge in [0.25, 0.3) is 5.91 Å². The number of halogens is 1. The number of hydrogen-bond donors (Lipinski definition) is 3. The molecule has 1 aromatic carbocycles. The quantitative estimate of drug-likeness (QED) is 0.206. The molecule has 0 aliphatic rings. The molecule has 1 amide bonds. The number of carbonyl (C=O) groups is 1. The van der Waals surface area contributed by atoms with Crippen molar-refractivity contribution in [2.75, 3.05) is 33.3 Å². The van der Waals surface area contributed by atoms with Crippen LogP contribution in [0.3, 0.4) is 0 Å². The molecule has 2 rings (SSSR count). The second kappa shape index (κ2) is 13.3. The summed E-state index contributed by atoms with van der Waals surface area (Å²) in [4.78, 5) is 21.2. The van der Waals surface area contributed by atoms with Crippen LogP contribution in [0.4, 0.5) is 0 Å². The molecule has 0 spiro atoms. The Bertz CT molecular complexity index is 766. The topological polar surface area (TPSA) is 87.6 Å². The summed E-state index contributed by atoms with van der Waals surface area (Å²) in [5.74, 6) is 1.27. The van der Waals surface area contributed by atoms with Gasteiger partial charge in [0.15, 0.2) is 5.96 Å². The summed E-state index contributed by atoms with van der Waals surface area (Å²) in [7, 11) is 1.58. The maximum atomic E-state index is 12.2. The molecule has 0 unspecified atom stereocenters. The van der Waals surface area contributed by atoms with Crippen molar-refractivity contribution in [2.45, 2.75) is 20.3 Å². The van der Waals surface area contributed by atoms with Crippen LogP contribution >= 0.6 is 35.3 Å². The molecular formula is C19H28IN5O2S. The van der Waals surface area contributed by atoms with Crippen LogP contribution in [-0.2, 0) is 6.42 Å². The number of thiazole rings is 1. The first-order chi connectivity index (χ1) is 13.1. The number of amides is 1. The van der Waals surface area contributed by atoms with Crippen molar-refractivity contribution in [2.24, 2.45) is 4.99 Å². The summed E-state index contributed by atoms with van der Waals surface area (Å²) >= 11 is 1.65. The molecule has 0 bridgehead atoms. The van der Waals surface area contributed by atoms with E-state index < -0.39 is 0 Å². The molecule has 154 valence electrons. The van der Waals surface area contributed by atoms with E-state index in [9.17, 15) is 4.79 Å². The molecule has 1 aromatic heterocycles. The molecule has 0 saturated heterocycles. The average molecular weight is 517 g/mol. The minimum absolute atomic E-state index is 0. The molecular weight excluding hydrogens is 489 g/mol. The first-order valence-corrected chi connectivity index (χ1v) is 9.85. The summed E-state index contributed by atoms with van der Waals surface area (Å²) in [5.41, 5.74) is 1.65. The highest BCUT2D eigenvalue weighted by atomic mass is 127. The Morgan fingerprint density at radius 2 is 2.04 bits per heavy atom. The number of rotatable bonds is 9. The third-order valence-electron chi connectivity index (χ3n) is 3.68. The van der Waals surface area contributed by atoms with Crippen LogP contribution in [0.2, 0.25) is 0 Å². The minimum Gasteiger partial charge on any atom is -0.497 e. The fourth-order valence-corrected chi connectivity index (χ4v) is 3.02. The SMILES string of the molecule is CCNC(=NCCc1csc(C)n1)NCCNC(=O)c1cccc(OC)c1.I. The van der Waals surface area contributed by atoms with E-state index in [4.69, 9.17) is 4.74 Å². The van der Waals surface area contributed by atoms with E-state index in [1.807, 2.05) is 19.9 Å². The van der Waals surface area contributed by atoms with Crippen LogP contribution in [-0.4, -0.2) is 50.1 Å². The van der Waals surface area contributed by atoms with Crippen LogP contribution in [0, 0.1) is 6.92 Å². The van der Waals surface area contributed by atoms with Crippen LogP contribution in [0.5, 0.6) is 5.75 Å². The van der Waals surface area contributed by atoms with Gasteiger partial charge in [0.05, 0.1) is 17.8 Å². The maximum Gasteiger partial charge on any atom is 0.251 e. The molecule has 0 saturated carbocycles. The highest BCUT2D eigenvalue weighted by Gasteiger charge is 2.06. The van der Waals surface area contributed by atoms with Crippen molar-refractivity contribution in [1.29, 1.82) is 0 Å². The number of aliphatic imine (C=N–C) groups is 1. The number of hydrogen-bond acceptors (Lipinski definition) is 5. The van der Waals surface area contributed by atoms with Crippen molar-refractivity contribution in [3.05, 3.63) is 45.9 Å². The number of carbonyl (C=O) groups excluding carboxylic acids is 1. The largest absolute Gasteiger partial charge is 0.497 e. The third kappa shape index (κ3) is 8.42. The first kappa shape index (κ1) is 24.2. The second-order valence-electron chi connectivity index (χ2n) is 5.78. The number of nitrogens with one attached hydrogen (secondary N) is 3. The molecule has 1 heterocycles. The molecule has 28 heavy (non-hydrogen) atoms. The fourth-order valence-electron chi connectivity index (χ4n) is 2.37. The van der Waals surface area contributed by atoms with Crippen LogP contribution in [0.1, 0.15) is 28.0 Å². The van der Waals surface area contributed by atoms with Gasteiger partial charge in [-0.15, -0.1) is 35.3 Å². The van der Waals surface area contributed by atoms with Crippen LogP contribution < -0.4 is 20.7 Å². The van der Waals surface area contributed by atoms with Crippen LogP contribution in [0.25, 0.3) is 0 Å². The Morgan fingerprint density at radius 3 is 2.71 bits per heavy atom. The van der Waals surface area contributed by atoms with E-state index in [0.29, 0.717) is 30.9 Å². The summed E-state index contributed by atoms with van der Waals surface area (Å²) in [6.45, 7) is 6.53. The monoisotopic (exact) mass is 517 g/mol. The third-order valence-corrected chi connectivity index (χ3v) is 4.51. The second-order valence-corrected chi connectivity index (χ2v) is 6.85. The Labute approximate surface area is 187 Å². The fraction of sp³-hybridized carbons (Fsp3) is 0.421. The van der Waals surface area contributed by atoms with Crippen molar-refractivity contribution in [3.63, 3.8) is 0 Å². The molecule has 9 heteroatoms. The van der Waals surface area contributed by atoms with E-state index in [1.54, 1.807) is 36.6 Å². The number of benzene rings is 1. The zero-order chi connectivity index (χ0) is 19.5. The predicted octanol–water partition coefficient (Wildman–Crippen LogP) is 2.61. The van der Waals surface area contributed by atoms with Gasteiger partial charge < -0.3 is 20.7 Å². The predicted molar refractivity (Wildman–Crippen MR) is 125 cm³/mol. The first-order valence-electron chi connectivity index (χ1n) is 8.97. The average Bonchev–Trinajstić information content (AvgIpc) is 3.10. The maximum absolute atomic E-state index is 12.2. The molecule has 0 aliphatic carbocycles. The number of guanidine groups is 1. The zero-order valence-electron chi connectivity index (χ0n) is 16.4. The number of aromatic nitrogens is 1. The molecule has 3 N–H and O–H groups in total. The molecule has 0 radical (unpaired) electrons. The van der Waals surface area contributed by atoms with Crippen LogP contribution in [0.15, 0.2) is 34.6 Å². The number of aryl methyl sites for hydroxylation is 1. The van der Waals surface area contributed by atoms with E-state index in [-0.39, 0.29) is 29.9 Å². The van der Waals surface area contributed by atoms with Crippen molar-refractivity contribution in [3.8, 4) is 5.75 Å². The lowest BCUT2D eigenvalue weighted by molar-refractivity contribution is 0.0954. The number of methoxy groups -OCH3 is 1. The zero-order valence-corrected chi connectivity index (χ0v) is 19.6. The summed E-state index contributed by atoms with van der Waals surface area (Å²) in [5, 5.41) is 12.5. The highest BCUT2D eigenvalue weighted by Crippen LogP contribution is 2.12. The molecule has 0 atom stereocenters. The summed E-state index contributed by atoms with van der Waals surface area (Å²) in [6.07, 6.45) is 0.813. The minimum atomic E-state index is -0.128. The normalized spacial score (nSPS) is 10.8. The summed E-state index contributed by atoms with van der Waals surface area (Å²) in [6, 6.07) is 7.08. The van der Waals surface area contributed by atoms with E-state index in [0.717, 1.165) is 29.6 Å². The molecule has 0 aliphatic heterocycles. The standard InChI is InChI=1S/C19H27N5O2S.HI/c1-4-20-19(22-9-8-16-13-27-14(2)24-16)23-11-10-21-18(25)15-6-5-7-17(12-15)26-3;/h5-7,12-13H,4,8-11H2,1-3H3,(H,21,25)(H2,20,22,23);1H. The summed E-state index contributed by atoms with van der Waals surface area (Å²) < 4.78 is 5.14. The van der Waals surface area contributed by atoms with Crippen molar-refractivity contribution in [1.82, 2.24) is 20.9 Å². The van der Waals surface area contributed by atoms with Crippen molar-refractivity contribution < 1.29 is 9.53 Å². The van der Waals surface area contributed by atoms with Gasteiger partial charge in [0.1, 0.15) is 5.75 Å². The Balaban J connectivity index is 0.00000392. The highest BCUT2D eigenvalue weighted by molar-refractivity contribution is 14.0. The Hall–Kier alpha value is -1.88. The van der Waals surface area contributed by atoms with E-state index in [2.05, 4.69) is 31.3 Å². The lowest BCUT2D eigenvalue weighted by Gasteiger charge is -2.12. The van der Waals surface area contributed by atoms with Gasteiger partial charge in [-0.05, 0) is 32.0 Å². The van der Waals surface area contributed by atoms with E-state index in [1.165, 1.54) is 0 Å². The molecule has 2 aromatic rings. The van der Waals surface area contributed by atoms with Gasteiger partial charge in [-0.2, -0.15) is 0 Å². The van der Waals surface area contributed by atoms with Gasteiger partial charge >= 0.3 is 0 Å². The van der Waals surface area contributed by atoms with Crippen molar-refractivity contribution >= 4 is 47.2 Å². The lowest BCUT2D eigenvalue weighted by atomic mass is 10.2. The Morgan fingerprint density at radius 1 is 1.25 bits per heavy atom. The van der Waals surface area contributed by atoms with Gasteiger partial charge in [-0.25, -0.2) is 4.98 Å². The number of nitrogens with zero attached hydrogens (tertiary/aromatic N) is 2. The van der Waals surface area contributed by atoms with Gasteiger partial charge in [-0.3, -0.25) is 9.79 Å². The Kier molecular flexibility index (Phi) is 11.5.